The zero-order chi connectivity index (χ0) is 20.1. The Morgan fingerprint density at radius 3 is 2.64 bits per heavy atom. The summed E-state index contributed by atoms with van der Waals surface area (Å²) < 4.78 is 0. The molecule has 3 rings (SSSR count). The van der Waals surface area contributed by atoms with Crippen LogP contribution in [0, 0.1) is 5.41 Å². The van der Waals surface area contributed by atoms with E-state index < -0.39 is 0 Å². The molecule has 1 aliphatic rings. The van der Waals surface area contributed by atoms with Crippen molar-refractivity contribution in [3.8, 4) is 0 Å². The van der Waals surface area contributed by atoms with Gasteiger partial charge in [0.25, 0.3) is 0 Å². The third kappa shape index (κ3) is 4.38. The molecule has 1 aliphatic carbocycles. The molecule has 1 aromatic carbocycles. The number of anilines is 4. The van der Waals surface area contributed by atoms with Gasteiger partial charge in [0.2, 0.25) is 5.95 Å². The van der Waals surface area contributed by atoms with E-state index >= 15 is 0 Å². The maximum atomic E-state index is 7.51. The number of benzene rings is 1. The predicted molar refractivity (Wildman–Crippen MR) is 114 cm³/mol. The van der Waals surface area contributed by atoms with Crippen LogP contribution in [0.2, 0.25) is 0 Å². The van der Waals surface area contributed by atoms with E-state index in [0.29, 0.717) is 17.5 Å². The molecule has 9 heteroatoms. The van der Waals surface area contributed by atoms with Crippen molar-refractivity contribution in [2.45, 2.75) is 31.3 Å². The summed E-state index contributed by atoms with van der Waals surface area (Å²) in [5.74, 6) is 7.18. The van der Waals surface area contributed by atoms with Gasteiger partial charge in [-0.2, -0.15) is 4.98 Å². The van der Waals surface area contributed by atoms with Crippen LogP contribution >= 0.6 is 0 Å². The van der Waals surface area contributed by atoms with E-state index in [1.807, 2.05) is 24.3 Å². The Hall–Kier alpha value is -3.17. The van der Waals surface area contributed by atoms with Gasteiger partial charge < -0.3 is 27.5 Å². The summed E-state index contributed by atoms with van der Waals surface area (Å²) in [6.45, 7) is 0. The molecular formula is C19H27N9. The summed E-state index contributed by atoms with van der Waals surface area (Å²) in [5, 5.41) is 15.2. The van der Waals surface area contributed by atoms with Crippen LogP contribution in [0.25, 0.3) is 5.57 Å². The molecule has 148 valence electrons. The Bertz CT molecular complexity index is 847. The summed E-state index contributed by atoms with van der Waals surface area (Å²) in [4.78, 5) is 8.76. The number of hydrogen-bond donors (Lipinski definition) is 6. The largest absolute Gasteiger partial charge is 0.394 e. The molecule has 9 N–H and O–H groups in total. The smallest absolute Gasteiger partial charge is 0.225 e. The molecule has 1 fully saturated rings. The van der Waals surface area contributed by atoms with Crippen molar-refractivity contribution in [3.63, 3.8) is 0 Å². The Balaban J connectivity index is 1.79. The molecule has 2 atom stereocenters. The van der Waals surface area contributed by atoms with Crippen LogP contribution in [-0.4, -0.2) is 35.3 Å². The number of hydrogen-bond acceptors (Lipinski definition) is 9. The molecule has 1 heterocycles. The number of rotatable bonds is 7. The van der Waals surface area contributed by atoms with Crippen LogP contribution in [0.4, 0.5) is 23.1 Å². The number of nitrogens with zero attached hydrogens (tertiary/aromatic N) is 3. The van der Waals surface area contributed by atoms with E-state index in [9.17, 15) is 0 Å². The zero-order valence-corrected chi connectivity index (χ0v) is 15.9. The first kappa shape index (κ1) is 19.6. The molecule has 1 saturated carbocycles. The summed E-state index contributed by atoms with van der Waals surface area (Å²) in [6.07, 6.45) is 7.49. The zero-order valence-electron chi connectivity index (χ0n) is 15.9. The molecule has 0 bridgehead atoms. The summed E-state index contributed by atoms with van der Waals surface area (Å²) in [6, 6.07) is 7.97. The van der Waals surface area contributed by atoms with Gasteiger partial charge in [0.05, 0.1) is 17.6 Å². The van der Waals surface area contributed by atoms with Crippen LogP contribution < -0.4 is 33.0 Å². The first-order chi connectivity index (χ1) is 13.5. The van der Waals surface area contributed by atoms with Crippen LogP contribution in [0.15, 0.2) is 36.7 Å². The number of nitrogen functional groups attached to an aromatic ring is 1. The van der Waals surface area contributed by atoms with Crippen LogP contribution in [-0.2, 0) is 0 Å². The maximum Gasteiger partial charge on any atom is 0.225 e. The van der Waals surface area contributed by atoms with E-state index in [4.69, 9.17) is 22.7 Å². The molecule has 28 heavy (non-hydrogen) atoms. The van der Waals surface area contributed by atoms with Crippen LogP contribution in [0.1, 0.15) is 24.8 Å². The second kappa shape index (κ2) is 8.68. The van der Waals surface area contributed by atoms with Gasteiger partial charge in [0, 0.05) is 37.1 Å². The molecular weight excluding hydrogens is 354 g/mol. The standard InChI is InChI=1S/C19H27N9/c1-24-10-13(9-20)12-2-6-16(7-3-12)28(23)18-17(22)11-25-19(27-18)26-15-5-4-14(21)8-15/h2-3,6-7,9-11,14-15,20,24H,4-5,8,21-23H2,1H3,(H,25,26,27)/b13-10+,20-9?. The summed E-state index contributed by atoms with van der Waals surface area (Å²) >= 11 is 0. The fourth-order valence-corrected chi connectivity index (χ4v) is 3.28. The molecule has 0 amide bonds. The van der Waals surface area contributed by atoms with Gasteiger partial charge in [-0.05, 0) is 37.0 Å². The fraction of sp³-hybridized carbons (Fsp3) is 0.316. The lowest BCUT2D eigenvalue weighted by molar-refractivity contribution is 0.685. The number of nitrogens with two attached hydrogens (primary N) is 3. The fourth-order valence-electron chi connectivity index (χ4n) is 3.28. The van der Waals surface area contributed by atoms with Gasteiger partial charge in [0.1, 0.15) is 0 Å². The Morgan fingerprint density at radius 1 is 1.29 bits per heavy atom. The van der Waals surface area contributed by atoms with Crippen molar-refractivity contribution in [2.24, 2.45) is 11.6 Å². The topological polar surface area (TPSA) is 155 Å². The molecule has 2 unspecified atom stereocenters. The van der Waals surface area contributed by atoms with E-state index in [0.717, 1.165) is 36.1 Å². The van der Waals surface area contributed by atoms with Crippen molar-refractivity contribution in [2.75, 3.05) is 23.1 Å². The van der Waals surface area contributed by atoms with Gasteiger partial charge in [-0.15, -0.1) is 0 Å². The minimum atomic E-state index is 0.220. The number of allylic oxidation sites excluding steroid dienone is 1. The van der Waals surface area contributed by atoms with Crippen molar-refractivity contribution < 1.29 is 0 Å². The summed E-state index contributed by atoms with van der Waals surface area (Å²) in [5.41, 5.74) is 14.8. The highest BCUT2D eigenvalue weighted by molar-refractivity contribution is 6.08. The molecule has 0 spiro atoms. The van der Waals surface area contributed by atoms with Crippen LogP contribution in [0.3, 0.4) is 0 Å². The molecule has 2 aromatic rings. The van der Waals surface area contributed by atoms with E-state index in [2.05, 4.69) is 20.6 Å². The normalized spacial score (nSPS) is 19.3. The number of nitrogens with one attached hydrogen (secondary N) is 3. The molecule has 0 saturated heterocycles. The van der Waals surface area contributed by atoms with Crippen molar-refractivity contribution in [1.29, 1.82) is 5.41 Å². The lowest BCUT2D eigenvalue weighted by Crippen LogP contribution is -2.28. The molecule has 1 aromatic heterocycles. The Labute approximate surface area is 164 Å². The second-order valence-electron chi connectivity index (χ2n) is 6.84. The van der Waals surface area contributed by atoms with Crippen molar-refractivity contribution in [1.82, 2.24) is 15.3 Å². The van der Waals surface area contributed by atoms with Gasteiger partial charge in [-0.1, -0.05) is 12.1 Å². The molecule has 0 aliphatic heterocycles. The van der Waals surface area contributed by atoms with E-state index in [1.165, 1.54) is 11.2 Å². The Morgan fingerprint density at radius 2 is 2.04 bits per heavy atom. The SMILES string of the molecule is CN/C=C(\C=N)c1ccc(N(N)c2nc(NC3CCC(N)C3)ncc2N)cc1. The minimum absolute atomic E-state index is 0.220. The highest BCUT2D eigenvalue weighted by atomic mass is 15.4. The highest BCUT2D eigenvalue weighted by Gasteiger charge is 2.22. The number of aromatic nitrogens is 2. The lowest BCUT2D eigenvalue weighted by Gasteiger charge is -2.21. The van der Waals surface area contributed by atoms with E-state index in [-0.39, 0.29) is 12.1 Å². The van der Waals surface area contributed by atoms with Crippen molar-refractivity contribution >= 4 is 34.9 Å². The average molecular weight is 381 g/mol. The Kier molecular flexibility index (Phi) is 6.07. The quantitative estimate of drug-likeness (QED) is 0.240. The lowest BCUT2D eigenvalue weighted by atomic mass is 10.1. The number of hydrazine groups is 1. The third-order valence-corrected chi connectivity index (χ3v) is 4.76. The first-order valence-corrected chi connectivity index (χ1v) is 9.19. The van der Waals surface area contributed by atoms with Gasteiger partial charge in [-0.25, -0.2) is 10.8 Å². The van der Waals surface area contributed by atoms with Gasteiger partial charge in [0.15, 0.2) is 5.82 Å². The average Bonchev–Trinajstić information content (AvgIpc) is 3.12. The first-order valence-electron chi connectivity index (χ1n) is 9.19. The molecule has 9 nitrogen and oxygen atoms in total. The van der Waals surface area contributed by atoms with E-state index in [1.54, 1.807) is 19.4 Å². The van der Waals surface area contributed by atoms with Gasteiger partial charge in [-0.3, -0.25) is 5.01 Å². The molecule has 0 radical (unpaired) electrons. The monoisotopic (exact) mass is 381 g/mol. The highest BCUT2D eigenvalue weighted by Crippen LogP contribution is 2.28. The summed E-state index contributed by atoms with van der Waals surface area (Å²) in [7, 11) is 1.79. The third-order valence-electron chi connectivity index (χ3n) is 4.76. The van der Waals surface area contributed by atoms with Crippen molar-refractivity contribution in [3.05, 3.63) is 42.2 Å². The predicted octanol–water partition coefficient (Wildman–Crippen LogP) is 1.57. The minimum Gasteiger partial charge on any atom is -0.394 e. The second-order valence-corrected chi connectivity index (χ2v) is 6.84. The van der Waals surface area contributed by atoms with Gasteiger partial charge >= 0.3 is 0 Å². The maximum absolute atomic E-state index is 7.51. The van der Waals surface area contributed by atoms with Crippen LogP contribution in [0.5, 0.6) is 0 Å².